The van der Waals surface area contributed by atoms with Crippen LogP contribution in [0.1, 0.15) is 13.8 Å². The molecule has 0 aliphatic carbocycles. The van der Waals surface area contributed by atoms with Crippen LogP contribution in [0.3, 0.4) is 0 Å². The van der Waals surface area contributed by atoms with Gasteiger partial charge in [-0.1, -0.05) is 6.58 Å². The molecule has 98 valence electrons. The summed E-state index contributed by atoms with van der Waals surface area (Å²) in [6, 6.07) is 0. The maximum absolute atomic E-state index is 11.5. The van der Waals surface area contributed by atoms with Crippen molar-refractivity contribution in [2.45, 2.75) is 26.1 Å². The van der Waals surface area contributed by atoms with Gasteiger partial charge in [0.1, 0.15) is 0 Å². The standard InChI is InChI=1S/C11H18O6/c1-6(9(12)13)11(10(14)15,7(2)16-4)8(3)17-5/h7-8H,1H2,2-5H3,(H,12,13)(H,14,15). The van der Waals surface area contributed by atoms with Gasteiger partial charge in [-0.2, -0.15) is 0 Å². The van der Waals surface area contributed by atoms with E-state index in [1.165, 1.54) is 28.1 Å². The maximum Gasteiger partial charge on any atom is 0.332 e. The lowest BCUT2D eigenvalue weighted by molar-refractivity contribution is -0.168. The van der Waals surface area contributed by atoms with Crippen LogP contribution < -0.4 is 0 Å². The fourth-order valence-electron chi connectivity index (χ4n) is 1.85. The van der Waals surface area contributed by atoms with E-state index in [4.69, 9.17) is 14.6 Å². The number of carboxylic acid groups (broad SMARTS) is 2. The van der Waals surface area contributed by atoms with Crippen molar-refractivity contribution in [2.75, 3.05) is 14.2 Å². The molecule has 0 rings (SSSR count). The van der Waals surface area contributed by atoms with Gasteiger partial charge in [0.15, 0.2) is 5.41 Å². The van der Waals surface area contributed by atoms with E-state index >= 15 is 0 Å². The molecule has 2 unspecified atom stereocenters. The lowest BCUT2D eigenvalue weighted by Gasteiger charge is -2.38. The molecule has 0 fully saturated rings. The molecule has 2 N–H and O–H groups in total. The Morgan fingerprint density at radius 1 is 1.12 bits per heavy atom. The van der Waals surface area contributed by atoms with E-state index in [9.17, 15) is 14.7 Å². The molecule has 0 spiro atoms. The summed E-state index contributed by atoms with van der Waals surface area (Å²) in [5.74, 6) is -2.73. The van der Waals surface area contributed by atoms with Gasteiger partial charge in [0.25, 0.3) is 0 Å². The molecule has 0 bridgehead atoms. The first-order valence-corrected chi connectivity index (χ1v) is 4.98. The number of carboxylic acids is 2. The highest BCUT2D eigenvalue weighted by molar-refractivity contribution is 5.97. The van der Waals surface area contributed by atoms with Gasteiger partial charge in [-0.15, -0.1) is 0 Å². The minimum Gasteiger partial charge on any atom is -0.480 e. The molecule has 0 amide bonds. The van der Waals surface area contributed by atoms with E-state index in [0.29, 0.717) is 0 Å². The predicted molar refractivity (Wildman–Crippen MR) is 59.8 cm³/mol. The quantitative estimate of drug-likeness (QED) is 0.644. The zero-order valence-electron chi connectivity index (χ0n) is 10.4. The predicted octanol–water partition coefficient (Wildman–Crippen LogP) is 0.768. The molecular formula is C11H18O6. The fraction of sp³-hybridized carbons (Fsp3) is 0.636. The van der Waals surface area contributed by atoms with Crippen LogP contribution in [0, 0.1) is 5.41 Å². The minimum absolute atomic E-state index is 0.464. The van der Waals surface area contributed by atoms with Crippen LogP contribution in [0.25, 0.3) is 0 Å². The average Bonchev–Trinajstić information content (AvgIpc) is 2.28. The highest BCUT2D eigenvalue weighted by atomic mass is 16.5. The summed E-state index contributed by atoms with van der Waals surface area (Å²) < 4.78 is 9.97. The number of rotatable bonds is 7. The number of aliphatic carboxylic acids is 2. The fourth-order valence-corrected chi connectivity index (χ4v) is 1.85. The Labute approximate surface area is 99.8 Å². The van der Waals surface area contributed by atoms with Gasteiger partial charge in [-0.05, 0) is 13.8 Å². The molecular weight excluding hydrogens is 228 g/mol. The highest BCUT2D eigenvalue weighted by Gasteiger charge is 2.54. The van der Waals surface area contributed by atoms with Crippen molar-refractivity contribution in [3.05, 3.63) is 12.2 Å². The largest absolute Gasteiger partial charge is 0.480 e. The van der Waals surface area contributed by atoms with Crippen molar-refractivity contribution in [2.24, 2.45) is 5.41 Å². The van der Waals surface area contributed by atoms with Gasteiger partial charge < -0.3 is 19.7 Å². The maximum atomic E-state index is 11.5. The molecule has 0 heterocycles. The van der Waals surface area contributed by atoms with Gasteiger partial charge in [-0.25, -0.2) is 4.79 Å². The topological polar surface area (TPSA) is 93.1 Å². The van der Waals surface area contributed by atoms with Gasteiger partial charge in [0, 0.05) is 14.2 Å². The van der Waals surface area contributed by atoms with E-state index in [1.807, 2.05) is 0 Å². The van der Waals surface area contributed by atoms with E-state index in [-0.39, 0.29) is 0 Å². The lowest BCUT2D eigenvalue weighted by atomic mass is 9.72. The van der Waals surface area contributed by atoms with Gasteiger partial charge in [0.05, 0.1) is 17.8 Å². The zero-order chi connectivity index (χ0) is 13.8. The molecule has 0 aliphatic heterocycles. The first-order valence-electron chi connectivity index (χ1n) is 4.98. The Kier molecular flexibility index (Phi) is 5.31. The molecule has 0 saturated carbocycles. The summed E-state index contributed by atoms with van der Waals surface area (Å²) in [5, 5.41) is 18.3. The Morgan fingerprint density at radius 3 is 1.65 bits per heavy atom. The van der Waals surface area contributed by atoms with Gasteiger partial charge in [0.2, 0.25) is 0 Å². The Bertz CT molecular complexity index is 312. The second kappa shape index (κ2) is 5.79. The van der Waals surface area contributed by atoms with Crippen LogP contribution >= 0.6 is 0 Å². The van der Waals surface area contributed by atoms with E-state index in [0.717, 1.165) is 0 Å². The molecule has 0 aliphatic rings. The van der Waals surface area contributed by atoms with E-state index < -0.39 is 35.1 Å². The van der Waals surface area contributed by atoms with Crippen LogP contribution in [0.2, 0.25) is 0 Å². The Balaban J connectivity index is 5.82. The zero-order valence-corrected chi connectivity index (χ0v) is 10.4. The third-order valence-corrected chi connectivity index (χ3v) is 3.10. The van der Waals surface area contributed by atoms with Gasteiger partial charge >= 0.3 is 11.9 Å². The molecule has 0 aromatic carbocycles. The number of hydrogen-bond donors (Lipinski definition) is 2. The highest BCUT2D eigenvalue weighted by Crippen LogP contribution is 2.38. The van der Waals surface area contributed by atoms with Gasteiger partial charge in [-0.3, -0.25) is 4.79 Å². The monoisotopic (exact) mass is 246 g/mol. The molecule has 2 atom stereocenters. The second-order valence-corrected chi connectivity index (χ2v) is 3.71. The molecule has 0 saturated heterocycles. The summed E-state index contributed by atoms with van der Waals surface area (Å²) in [5.41, 5.74) is -2.29. The number of ether oxygens (including phenoxy) is 2. The second-order valence-electron chi connectivity index (χ2n) is 3.71. The average molecular weight is 246 g/mol. The molecule has 6 nitrogen and oxygen atoms in total. The molecule has 0 aromatic rings. The first-order chi connectivity index (χ1) is 7.76. The van der Waals surface area contributed by atoms with Crippen molar-refractivity contribution >= 4 is 11.9 Å². The third kappa shape index (κ3) is 2.48. The van der Waals surface area contributed by atoms with E-state index in [1.54, 1.807) is 0 Å². The van der Waals surface area contributed by atoms with Crippen LogP contribution in [-0.4, -0.2) is 48.6 Å². The summed E-state index contributed by atoms with van der Waals surface area (Å²) in [7, 11) is 2.61. The molecule has 0 radical (unpaired) electrons. The minimum atomic E-state index is -1.82. The number of methoxy groups -OCH3 is 2. The Morgan fingerprint density at radius 2 is 1.47 bits per heavy atom. The summed E-state index contributed by atoms with van der Waals surface area (Å²) in [4.78, 5) is 22.5. The lowest BCUT2D eigenvalue weighted by Crippen LogP contribution is -2.53. The normalized spacial score (nSPS) is 17.9. The van der Waals surface area contributed by atoms with Crippen molar-refractivity contribution in [3.8, 4) is 0 Å². The third-order valence-electron chi connectivity index (χ3n) is 3.10. The van der Waals surface area contributed by atoms with Crippen LogP contribution in [-0.2, 0) is 19.1 Å². The summed E-state index contributed by atoms with van der Waals surface area (Å²) >= 11 is 0. The van der Waals surface area contributed by atoms with Crippen molar-refractivity contribution in [1.29, 1.82) is 0 Å². The SMILES string of the molecule is C=C(C(=O)O)C(C(=O)O)(C(C)OC)C(C)OC. The number of carbonyl (C=O) groups is 2. The van der Waals surface area contributed by atoms with Crippen LogP contribution in [0.15, 0.2) is 12.2 Å². The number of hydrogen-bond acceptors (Lipinski definition) is 4. The van der Waals surface area contributed by atoms with Crippen molar-refractivity contribution < 1.29 is 29.3 Å². The van der Waals surface area contributed by atoms with Crippen molar-refractivity contribution in [1.82, 2.24) is 0 Å². The molecule has 17 heavy (non-hydrogen) atoms. The van der Waals surface area contributed by atoms with Crippen LogP contribution in [0.4, 0.5) is 0 Å². The smallest absolute Gasteiger partial charge is 0.332 e. The molecule has 6 heteroatoms. The summed E-state index contributed by atoms with van der Waals surface area (Å²) in [6.07, 6.45) is -1.78. The molecule has 0 aromatic heterocycles. The Hall–Kier alpha value is -1.40. The van der Waals surface area contributed by atoms with E-state index in [2.05, 4.69) is 6.58 Å². The summed E-state index contributed by atoms with van der Waals surface area (Å²) in [6.45, 7) is 6.29. The van der Waals surface area contributed by atoms with Crippen LogP contribution in [0.5, 0.6) is 0 Å². The first kappa shape index (κ1) is 15.6. The van der Waals surface area contributed by atoms with Crippen molar-refractivity contribution in [3.63, 3.8) is 0 Å².